The van der Waals surface area contributed by atoms with E-state index in [0.717, 1.165) is 19.4 Å². The minimum atomic E-state index is -0.958. The van der Waals surface area contributed by atoms with Gasteiger partial charge in [-0.3, -0.25) is 4.79 Å². The van der Waals surface area contributed by atoms with Crippen LogP contribution in [0.3, 0.4) is 0 Å². The standard InChI is InChI=1S/C12H24N2O3/c1-4-6-10(12(16)17)14-11(15)7-5-8-13-9(2)3/h9-10,13H,4-8H2,1-3H3,(H,14,15)(H,16,17). The number of rotatable bonds is 9. The lowest BCUT2D eigenvalue weighted by Crippen LogP contribution is -2.40. The molecule has 5 heteroatoms. The summed E-state index contributed by atoms with van der Waals surface area (Å²) in [5.41, 5.74) is 0. The Morgan fingerprint density at radius 1 is 1.29 bits per heavy atom. The van der Waals surface area contributed by atoms with Crippen LogP contribution in [0.1, 0.15) is 46.5 Å². The molecular formula is C12H24N2O3. The van der Waals surface area contributed by atoms with E-state index in [1.54, 1.807) is 0 Å². The van der Waals surface area contributed by atoms with Crippen LogP contribution in [0.4, 0.5) is 0 Å². The van der Waals surface area contributed by atoms with Gasteiger partial charge in [-0.15, -0.1) is 0 Å². The predicted octanol–water partition coefficient (Wildman–Crippen LogP) is 1.13. The first-order chi connectivity index (χ1) is 7.97. The molecule has 0 radical (unpaired) electrons. The fourth-order valence-corrected chi connectivity index (χ4v) is 1.45. The molecular weight excluding hydrogens is 220 g/mol. The van der Waals surface area contributed by atoms with Crippen LogP contribution in [-0.4, -0.2) is 35.6 Å². The molecule has 0 saturated heterocycles. The molecule has 0 aromatic heterocycles. The lowest BCUT2D eigenvalue weighted by molar-refractivity contribution is -0.142. The number of hydrogen-bond acceptors (Lipinski definition) is 3. The van der Waals surface area contributed by atoms with E-state index in [1.165, 1.54) is 0 Å². The van der Waals surface area contributed by atoms with E-state index >= 15 is 0 Å². The van der Waals surface area contributed by atoms with E-state index in [0.29, 0.717) is 18.9 Å². The van der Waals surface area contributed by atoms with Gasteiger partial charge in [0.25, 0.3) is 0 Å². The summed E-state index contributed by atoms with van der Waals surface area (Å²) in [5.74, 6) is -1.14. The van der Waals surface area contributed by atoms with Crippen LogP contribution in [-0.2, 0) is 9.59 Å². The average molecular weight is 244 g/mol. The smallest absolute Gasteiger partial charge is 0.326 e. The zero-order valence-corrected chi connectivity index (χ0v) is 11.0. The van der Waals surface area contributed by atoms with Crippen molar-refractivity contribution in [2.75, 3.05) is 6.54 Å². The second kappa shape index (κ2) is 8.98. The van der Waals surface area contributed by atoms with Gasteiger partial charge in [0.2, 0.25) is 5.91 Å². The first-order valence-electron chi connectivity index (χ1n) is 6.23. The summed E-state index contributed by atoms with van der Waals surface area (Å²) in [6, 6.07) is -0.338. The van der Waals surface area contributed by atoms with Gasteiger partial charge in [0.05, 0.1) is 0 Å². The molecule has 0 bridgehead atoms. The lowest BCUT2D eigenvalue weighted by atomic mass is 10.1. The normalized spacial score (nSPS) is 12.5. The molecule has 0 fully saturated rings. The third-order valence-electron chi connectivity index (χ3n) is 2.34. The molecule has 0 aliphatic rings. The van der Waals surface area contributed by atoms with Crippen molar-refractivity contribution in [1.82, 2.24) is 10.6 Å². The van der Waals surface area contributed by atoms with Gasteiger partial charge in [-0.25, -0.2) is 4.79 Å². The molecule has 1 unspecified atom stereocenters. The van der Waals surface area contributed by atoms with Gasteiger partial charge in [-0.2, -0.15) is 0 Å². The summed E-state index contributed by atoms with van der Waals surface area (Å²) in [6.45, 7) is 6.76. The topological polar surface area (TPSA) is 78.4 Å². The quantitative estimate of drug-likeness (QED) is 0.531. The Hall–Kier alpha value is -1.10. The second-order valence-electron chi connectivity index (χ2n) is 4.46. The highest BCUT2D eigenvalue weighted by molar-refractivity contribution is 5.83. The third kappa shape index (κ3) is 8.68. The van der Waals surface area contributed by atoms with Crippen LogP contribution >= 0.6 is 0 Å². The zero-order chi connectivity index (χ0) is 13.3. The van der Waals surface area contributed by atoms with Gasteiger partial charge >= 0.3 is 5.97 Å². The molecule has 0 aromatic carbocycles. The summed E-state index contributed by atoms with van der Waals surface area (Å²) in [7, 11) is 0. The minimum absolute atomic E-state index is 0.184. The first-order valence-corrected chi connectivity index (χ1v) is 6.23. The molecule has 17 heavy (non-hydrogen) atoms. The predicted molar refractivity (Wildman–Crippen MR) is 66.8 cm³/mol. The fraction of sp³-hybridized carbons (Fsp3) is 0.833. The maximum atomic E-state index is 11.5. The van der Waals surface area contributed by atoms with Crippen LogP contribution < -0.4 is 10.6 Å². The largest absolute Gasteiger partial charge is 0.480 e. The highest BCUT2D eigenvalue weighted by Gasteiger charge is 2.18. The molecule has 5 nitrogen and oxygen atoms in total. The summed E-state index contributed by atoms with van der Waals surface area (Å²) in [4.78, 5) is 22.3. The Balaban J connectivity index is 3.78. The number of carboxylic acid groups (broad SMARTS) is 1. The monoisotopic (exact) mass is 244 g/mol. The van der Waals surface area contributed by atoms with Crippen molar-refractivity contribution in [3.8, 4) is 0 Å². The minimum Gasteiger partial charge on any atom is -0.480 e. The molecule has 0 aliphatic carbocycles. The van der Waals surface area contributed by atoms with Gasteiger partial charge in [-0.1, -0.05) is 27.2 Å². The van der Waals surface area contributed by atoms with E-state index in [2.05, 4.69) is 10.6 Å². The Labute approximate surface area is 103 Å². The van der Waals surface area contributed by atoms with Crippen LogP contribution in [0, 0.1) is 0 Å². The molecule has 0 spiro atoms. The summed E-state index contributed by atoms with van der Waals surface area (Å²) < 4.78 is 0. The fourth-order valence-electron chi connectivity index (χ4n) is 1.45. The number of carbonyl (C=O) groups is 2. The van der Waals surface area contributed by atoms with Gasteiger partial charge in [0, 0.05) is 12.5 Å². The first kappa shape index (κ1) is 15.9. The number of aliphatic carboxylic acids is 1. The molecule has 1 atom stereocenters. The Bertz CT molecular complexity index is 242. The van der Waals surface area contributed by atoms with Crippen LogP contribution in [0.5, 0.6) is 0 Å². The Kier molecular flexibility index (Phi) is 8.40. The van der Waals surface area contributed by atoms with E-state index in [-0.39, 0.29) is 5.91 Å². The Morgan fingerprint density at radius 2 is 1.94 bits per heavy atom. The molecule has 0 aromatic rings. The SMILES string of the molecule is CCCC(NC(=O)CCCNC(C)C)C(=O)O. The van der Waals surface area contributed by atoms with E-state index in [4.69, 9.17) is 5.11 Å². The molecule has 0 aliphatic heterocycles. The molecule has 3 N–H and O–H groups in total. The Morgan fingerprint density at radius 3 is 2.41 bits per heavy atom. The highest BCUT2D eigenvalue weighted by atomic mass is 16.4. The van der Waals surface area contributed by atoms with Crippen molar-refractivity contribution in [3.63, 3.8) is 0 Å². The van der Waals surface area contributed by atoms with Crippen molar-refractivity contribution in [2.45, 2.75) is 58.5 Å². The van der Waals surface area contributed by atoms with Crippen molar-refractivity contribution >= 4 is 11.9 Å². The number of carbonyl (C=O) groups excluding carboxylic acids is 1. The van der Waals surface area contributed by atoms with Gasteiger partial charge in [0.15, 0.2) is 0 Å². The molecule has 1 amide bonds. The van der Waals surface area contributed by atoms with Gasteiger partial charge in [0.1, 0.15) is 6.04 Å². The van der Waals surface area contributed by atoms with E-state index in [1.807, 2.05) is 20.8 Å². The van der Waals surface area contributed by atoms with Crippen molar-refractivity contribution in [2.24, 2.45) is 0 Å². The maximum absolute atomic E-state index is 11.5. The third-order valence-corrected chi connectivity index (χ3v) is 2.34. The van der Waals surface area contributed by atoms with Gasteiger partial charge in [-0.05, 0) is 19.4 Å². The summed E-state index contributed by atoms with van der Waals surface area (Å²) in [6.07, 6.45) is 2.31. The van der Waals surface area contributed by atoms with E-state index < -0.39 is 12.0 Å². The summed E-state index contributed by atoms with van der Waals surface area (Å²) in [5, 5.41) is 14.6. The van der Waals surface area contributed by atoms with Crippen LogP contribution in [0.2, 0.25) is 0 Å². The van der Waals surface area contributed by atoms with Gasteiger partial charge < -0.3 is 15.7 Å². The lowest BCUT2D eigenvalue weighted by Gasteiger charge is -2.13. The van der Waals surface area contributed by atoms with Crippen LogP contribution in [0.15, 0.2) is 0 Å². The zero-order valence-electron chi connectivity index (χ0n) is 11.0. The van der Waals surface area contributed by atoms with E-state index in [9.17, 15) is 9.59 Å². The second-order valence-corrected chi connectivity index (χ2v) is 4.46. The number of nitrogens with one attached hydrogen (secondary N) is 2. The van der Waals surface area contributed by atoms with Crippen molar-refractivity contribution in [1.29, 1.82) is 0 Å². The van der Waals surface area contributed by atoms with Crippen LogP contribution in [0.25, 0.3) is 0 Å². The highest BCUT2D eigenvalue weighted by Crippen LogP contribution is 1.98. The molecule has 0 rings (SSSR count). The van der Waals surface area contributed by atoms with Crippen molar-refractivity contribution in [3.05, 3.63) is 0 Å². The molecule has 0 saturated carbocycles. The average Bonchev–Trinajstić information content (AvgIpc) is 2.23. The maximum Gasteiger partial charge on any atom is 0.326 e. The van der Waals surface area contributed by atoms with Crippen molar-refractivity contribution < 1.29 is 14.7 Å². The number of carboxylic acids is 1. The molecule has 100 valence electrons. The number of amides is 1. The molecule has 0 heterocycles. The summed E-state index contributed by atoms with van der Waals surface area (Å²) >= 11 is 0. The number of hydrogen-bond donors (Lipinski definition) is 3.